The van der Waals surface area contributed by atoms with Gasteiger partial charge < -0.3 is 5.11 Å². The molecule has 4 aromatic rings. The molecule has 134 valence electrons. The van der Waals surface area contributed by atoms with Crippen LogP contribution in [0.1, 0.15) is 45.9 Å². The van der Waals surface area contributed by atoms with Crippen molar-refractivity contribution < 1.29 is 9.90 Å². The van der Waals surface area contributed by atoms with Crippen molar-refractivity contribution in [1.82, 2.24) is 4.40 Å². The molecule has 27 heavy (non-hydrogen) atoms. The van der Waals surface area contributed by atoms with Gasteiger partial charge in [-0.05, 0) is 52.6 Å². The smallest absolute Gasteiger partial charge is 0.353 e. The molecule has 0 atom stereocenters. The number of carboxylic acid groups (broad SMARTS) is 1. The average molecular weight is 375 g/mol. The summed E-state index contributed by atoms with van der Waals surface area (Å²) < 4.78 is 1.37. The molecule has 4 nitrogen and oxygen atoms in total. The van der Waals surface area contributed by atoms with Gasteiger partial charge in [0, 0.05) is 11.4 Å². The van der Waals surface area contributed by atoms with Crippen LogP contribution in [0.3, 0.4) is 0 Å². The largest absolute Gasteiger partial charge is 0.477 e. The molecular weight excluding hydrogens is 358 g/mol. The highest BCUT2D eigenvalue weighted by molar-refractivity contribution is 7.16. The minimum Gasteiger partial charge on any atom is -0.477 e. The van der Waals surface area contributed by atoms with Gasteiger partial charge in [0.25, 0.3) is 5.56 Å². The topological polar surface area (TPSA) is 58.8 Å². The van der Waals surface area contributed by atoms with Gasteiger partial charge in [-0.2, -0.15) is 0 Å². The molecular formula is C22H17NO3S. The van der Waals surface area contributed by atoms with Gasteiger partial charge in [0.15, 0.2) is 0 Å². The van der Waals surface area contributed by atoms with E-state index in [2.05, 4.69) is 24.3 Å². The highest BCUT2D eigenvalue weighted by Crippen LogP contribution is 2.45. The number of thiazole rings is 1. The van der Waals surface area contributed by atoms with Crippen LogP contribution in [-0.2, 0) is 6.42 Å². The van der Waals surface area contributed by atoms with E-state index < -0.39 is 5.97 Å². The Morgan fingerprint density at radius 3 is 2.67 bits per heavy atom. The first kappa shape index (κ1) is 16.3. The standard InChI is InChI=1S/C22H17NO3S/c24-19-11-16(10-15-6-3-5-13-4-1-2-7-17(13)15)20(14-8-9-14)21-23(19)18(12-27-21)22(25)26/h1-7,11-12,14H,8-10H2,(H,25,26). The molecule has 2 heterocycles. The molecule has 2 aromatic heterocycles. The summed E-state index contributed by atoms with van der Waals surface area (Å²) in [6, 6.07) is 16.2. The van der Waals surface area contributed by atoms with E-state index >= 15 is 0 Å². The summed E-state index contributed by atoms with van der Waals surface area (Å²) in [7, 11) is 0. The first-order chi connectivity index (χ1) is 13.1. The summed E-state index contributed by atoms with van der Waals surface area (Å²) in [6.07, 6.45) is 2.87. The van der Waals surface area contributed by atoms with Gasteiger partial charge in [-0.1, -0.05) is 42.5 Å². The van der Waals surface area contributed by atoms with E-state index in [0.717, 1.165) is 28.8 Å². The number of aromatic carboxylic acids is 1. The number of nitrogens with zero attached hydrogens (tertiary/aromatic N) is 1. The van der Waals surface area contributed by atoms with Crippen molar-refractivity contribution in [2.45, 2.75) is 25.2 Å². The lowest BCUT2D eigenvalue weighted by molar-refractivity contribution is 0.0689. The molecule has 1 aliphatic carbocycles. The van der Waals surface area contributed by atoms with Crippen molar-refractivity contribution in [1.29, 1.82) is 0 Å². The van der Waals surface area contributed by atoms with E-state index in [4.69, 9.17) is 0 Å². The van der Waals surface area contributed by atoms with E-state index in [-0.39, 0.29) is 11.3 Å². The van der Waals surface area contributed by atoms with Gasteiger partial charge >= 0.3 is 5.97 Å². The number of fused-ring (bicyclic) bond motifs is 2. The van der Waals surface area contributed by atoms with Crippen LogP contribution in [0.4, 0.5) is 0 Å². The van der Waals surface area contributed by atoms with E-state index in [1.54, 1.807) is 11.4 Å². The maximum atomic E-state index is 12.7. The summed E-state index contributed by atoms with van der Waals surface area (Å²) in [5, 5.41) is 13.4. The third-order valence-corrected chi connectivity index (χ3v) is 6.25. The lowest BCUT2D eigenvalue weighted by atomic mass is 9.95. The Morgan fingerprint density at radius 1 is 1.11 bits per heavy atom. The van der Waals surface area contributed by atoms with E-state index in [1.165, 1.54) is 32.1 Å². The molecule has 0 amide bonds. The predicted molar refractivity (Wildman–Crippen MR) is 107 cm³/mol. The second kappa shape index (κ2) is 6.06. The van der Waals surface area contributed by atoms with Crippen molar-refractivity contribution in [3.05, 3.63) is 86.6 Å². The number of pyridine rings is 1. The zero-order chi connectivity index (χ0) is 18.5. The monoisotopic (exact) mass is 375 g/mol. The van der Waals surface area contributed by atoms with Crippen molar-refractivity contribution in [3.8, 4) is 0 Å². The minimum atomic E-state index is -1.06. The molecule has 1 fully saturated rings. The van der Waals surface area contributed by atoms with Crippen LogP contribution in [0, 0.1) is 0 Å². The van der Waals surface area contributed by atoms with Crippen LogP contribution in [0.2, 0.25) is 0 Å². The zero-order valence-electron chi connectivity index (χ0n) is 14.5. The Kier molecular flexibility index (Phi) is 3.65. The Balaban J connectivity index is 1.72. The fraction of sp³-hybridized carbons (Fsp3) is 0.182. The van der Waals surface area contributed by atoms with Crippen LogP contribution in [0.5, 0.6) is 0 Å². The summed E-state index contributed by atoms with van der Waals surface area (Å²) in [4.78, 5) is 25.0. The maximum Gasteiger partial charge on any atom is 0.353 e. The number of carboxylic acids is 1. The third kappa shape index (κ3) is 2.66. The van der Waals surface area contributed by atoms with Gasteiger partial charge in [-0.15, -0.1) is 11.3 Å². The van der Waals surface area contributed by atoms with Gasteiger partial charge in [0.05, 0.1) is 0 Å². The molecule has 0 aliphatic heterocycles. The molecule has 0 saturated heterocycles. The van der Waals surface area contributed by atoms with E-state index in [9.17, 15) is 14.7 Å². The number of rotatable bonds is 4. The molecule has 1 N–H and O–H groups in total. The number of hydrogen-bond donors (Lipinski definition) is 1. The second-order valence-electron chi connectivity index (χ2n) is 7.08. The lowest BCUT2D eigenvalue weighted by Crippen LogP contribution is -2.19. The predicted octanol–water partition coefficient (Wildman–Crippen LogP) is 4.68. The Labute approximate surface area is 159 Å². The summed E-state index contributed by atoms with van der Waals surface area (Å²) in [6.45, 7) is 0. The van der Waals surface area contributed by atoms with E-state index in [1.807, 2.05) is 18.2 Å². The SMILES string of the molecule is O=C(O)c1csc2c(C3CC3)c(Cc3cccc4ccccc34)cc(=O)n12. The maximum absolute atomic E-state index is 12.7. The molecule has 0 radical (unpaired) electrons. The zero-order valence-corrected chi connectivity index (χ0v) is 15.3. The average Bonchev–Trinajstić information content (AvgIpc) is 3.39. The summed E-state index contributed by atoms with van der Waals surface area (Å²) in [5.74, 6) is -0.641. The van der Waals surface area contributed by atoms with Gasteiger partial charge in [0.1, 0.15) is 10.5 Å². The molecule has 0 spiro atoms. The summed E-state index contributed by atoms with van der Waals surface area (Å²) >= 11 is 1.36. The number of carbonyl (C=O) groups is 1. The highest BCUT2D eigenvalue weighted by atomic mass is 32.1. The van der Waals surface area contributed by atoms with Gasteiger partial charge in [0.2, 0.25) is 0 Å². The van der Waals surface area contributed by atoms with Crippen LogP contribution in [0.25, 0.3) is 15.6 Å². The van der Waals surface area contributed by atoms with Gasteiger partial charge in [-0.3, -0.25) is 9.20 Å². The van der Waals surface area contributed by atoms with Crippen LogP contribution in [0.15, 0.2) is 58.7 Å². The first-order valence-electron chi connectivity index (χ1n) is 8.99. The quantitative estimate of drug-likeness (QED) is 0.563. The molecule has 5 rings (SSSR count). The van der Waals surface area contributed by atoms with Crippen molar-refractivity contribution in [2.24, 2.45) is 0 Å². The van der Waals surface area contributed by atoms with E-state index in [0.29, 0.717) is 12.3 Å². The Bertz CT molecular complexity index is 1260. The normalized spacial score (nSPS) is 14.1. The minimum absolute atomic E-state index is 0.0543. The molecule has 1 saturated carbocycles. The Hall–Kier alpha value is -2.92. The molecule has 2 aromatic carbocycles. The molecule has 0 unspecified atom stereocenters. The molecule has 1 aliphatic rings. The fourth-order valence-electron chi connectivity index (χ4n) is 3.91. The van der Waals surface area contributed by atoms with Crippen LogP contribution < -0.4 is 5.56 Å². The summed E-state index contributed by atoms with van der Waals surface area (Å²) in [5.41, 5.74) is 3.16. The van der Waals surface area contributed by atoms with Gasteiger partial charge in [-0.25, -0.2) is 4.79 Å². The van der Waals surface area contributed by atoms with Crippen molar-refractivity contribution in [3.63, 3.8) is 0 Å². The lowest BCUT2D eigenvalue weighted by Gasteiger charge is -2.13. The third-order valence-electron chi connectivity index (χ3n) is 5.29. The van der Waals surface area contributed by atoms with Crippen molar-refractivity contribution in [2.75, 3.05) is 0 Å². The number of hydrogen-bond acceptors (Lipinski definition) is 3. The van der Waals surface area contributed by atoms with Crippen LogP contribution in [-0.4, -0.2) is 15.5 Å². The Morgan fingerprint density at radius 2 is 1.89 bits per heavy atom. The first-order valence-corrected chi connectivity index (χ1v) is 9.87. The molecule has 0 bridgehead atoms. The highest BCUT2D eigenvalue weighted by Gasteiger charge is 2.30. The number of aromatic nitrogens is 1. The van der Waals surface area contributed by atoms with Crippen molar-refractivity contribution >= 4 is 32.9 Å². The van der Waals surface area contributed by atoms with Crippen LogP contribution >= 0.6 is 11.3 Å². The second-order valence-corrected chi connectivity index (χ2v) is 7.94. The molecule has 5 heteroatoms. The number of benzene rings is 2. The fourth-order valence-corrected chi connectivity index (χ4v) is 5.06.